The largest absolute Gasteiger partial charge is 0.497 e. The summed E-state index contributed by atoms with van der Waals surface area (Å²) in [7, 11) is 2.84. The summed E-state index contributed by atoms with van der Waals surface area (Å²) in [5.41, 5.74) is 6.39. The van der Waals surface area contributed by atoms with Gasteiger partial charge in [0.05, 0.1) is 20.1 Å². The number of rotatable bonds is 24. The van der Waals surface area contributed by atoms with Crippen LogP contribution >= 0.6 is 0 Å². The van der Waals surface area contributed by atoms with Crippen molar-refractivity contribution < 1.29 is 76.5 Å². The van der Waals surface area contributed by atoms with Crippen LogP contribution in [0.25, 0.3) is 11.1 Å². The van der Waals surface area contributed by atoms with Crippen LogP contribution in [0.4, 0.5) is 14.4 Å². The molecular weight excluding hydrogens is 1310 g/mol. The van der Waals surface area contributed by atoms with Gasteiger partial charge in [-0.2, -0.15) is 0 Å². The lowest BCUT2D eigenvalue weighted by molar-refractivity contribution is -0.283. The Morgan fingerprint density at radius 2 is 1.01 bits per heavy atom. The Balaban J connectivity index is 0.954. The minimum atomic E-state index is -1.66. The van der Waals surface area contributed by atoms with E-state index in [1.54, 1.807) is 129 Å². The number of hydroxylamine groups is 1. The third-order valence-electron chi connectivity index (χ3n) is 18.6. The second-order valence-corrected chi connectivity index (χ2v) is 26.5. The van der Waals surface area contributed by atoms with E-state index >= 15 is 19.2 Å². The molecule has 0 spiro atoms. The standard InChI is InChI=1S/C77H89N9O16/c1-50(2)44-63(74(93)98-46-56-37-39-57(97-7)40-38-56)78-69(88)64-34-21-41-81(76(95)100-47-54-26-13-9-14-27-54)84(64)70(89)52(5)80(6)71(90)65-36-23-43-83(102-67(87)45-53-24-11-8-12-25-53)86(65)72(91)66-35-22-42-82(77(96)101-48-55-28-15-10-16-29-55)85(66)73(92)68(51(3)4)79-75(94)99-49-62-60-32-19-17-30-58(60)59-31-18-20-33-61(59)62/h8-20,24-33,37-40,50-52,62-66,68H,21-23,34-36,41-49H2,1-7H3,(H,78,88)(H,79,94)/t52-,63-,64+,65+,66-,68+/m0/s1. The Morgan fingerprint density at radius 3 is 1.56 bits per heavy atom. The number of carbonyl (C=O) groups excluding carboxylic acids is 10. The predicted molar refractivity (Wildman–Crippen MR) is 372 cm³/mol. The monoisotopic (exact) mass is 1400 g/mol. The van der Waals surface area contributed by atoms with Crippen molar-refractivity contribution in [2.24, 2.45) is 11.8 Å². The number of nitrogens with zero attached hydrogens (tertiary/aromatic N) is 7. The molecule has 25 nitrogen and oxygen atoms in total. The molecule has 0 bridgehead atoms. The smallest absolute Gasteiger partial charge is 0.429 e. The Kier molecular flexibility index (Phi) is 25.0. The summed E-state index contributed by atoms with van der Waals surface area (Å²) in [6.07, 6.45) is -2.86. The first-order chi connectivity index (χ1) is 49.2. The van der Waals surface area contributed by atoms with E-state index in [0.29, 0.717) is 28.0 Å². The van der Waals surface area contributed by atoms with Gasteiger partial charge in [0.2, 0.25) is 11.8 Å². The van der Waals surface area contributed by atoms with Crippen molar-refractivity contribution in [3.8, 4) is 16.9 Å². The molecule has 538 valence electrons. The molecule has 2 N–H and O–H groups in total. The maximum atomic E-state index is 16.3. The van der Waals surface area contributed by atoms with Crippen molar-refractivity contribution in [3.63, 3.8) is 0 Å². The molecule has 25 heteroatoms. The molecule has 6 aromatic rings. The molecule has 3 heterocycles. The number of benzene rings is 6. The molecule has 1 aliphatic carbocycles. The highest BCUT2D eigenvalue weighted by Crippen LogP contribution is 2.45. The van der Waals surface area contributed by atoms with Crippen LogP contribution in [0.15, 0.2) is 164 Å². The van der Waals surface area contributed by atoms with E-state index in [2.05, 4.69) is 10.6 Å². The maximum Gasteiger partial charge on any atom is 0.429 e. The fourth-order valence-electron chi connectivity index (χ4n) is 13.2. The quantitative estimate of drug-likeness (QED) is 0.0421. The summed E-state index contributed by atoms with van der Waals surface area (Å²) < 4.78 is 28.6. The fourth-order valence-corrected chi connectivity index (χ4v) is 13.2. The molecule has 6 aromatic carbocycles. The first-order valence-corrected chi connectivity index (χ1v) is 34.7. The minimum absolute atomic E-state index is 0.000228. The molecule has 0 saturated carbocycles. The zero-order chi connectivity index (χ0) is 72.6. The number of esters is 1. The number of nitrogens with one attached hydrogen (secondary N) is 2. The topological polar surface area (TPSA) is 273 Å². The zero-order valence-electron chi connectivity index (χ0n) is 58.6. The van der Waals surface area contributed by atoms with Crippen molar-refractivity contribution >= 4 is 59.8 Å². The summed E-state index contributed by atoms with van der Waals surface area (Å²) in [5, 5.41) is 11.4. The number of fused-ring (bicyclic) bond motifs is 3. The number of ether oxygens (including phenoxy) is 5. The molecule has 6 atom stereocenters. The van der Waals surface area contributed by atoms with Crippen LogP contribution in [-0.2, 0) is 83.6 Å². The van der Waals surface area contributed by atoms with Gasteiger partial charge in [-0.3, -0.25) is 24.0 Å². The van der Waals surface area contributed by atoms with E-state index in [4.69, 9.17) is 28.5 Å². The van der Waals surface area contributed by atoms with Gasteiger partial charge in [-0.15, -0.1) is 0 Å². The average Bonchev–Trinajstić information content (AvgIpc) is 1.14. The zero-order valence-corrected chi connectivity index (χ0v) is 58.6. The number of likely N-dealkylation sites (N-methyl/N-ethyl adjacent to an activating group) is 1. The molecule has 0 aromatic heterocycles. The van der Waals surface area contributed by atoms with Crippen LogP contribution < -0.4 is 15.4 Å². The summed E-state index contributed by atoms with van der Waals surface area (Å²) in [4.78, 5) is 157. The molecule has 102 heavy (non-hydrogen) atoms. The van der Waals surface area contributed by atoms with E-state index in [1.165, 1.54) is 21.1 Å². The molecule has 4 aliphatic rings. The molecule has 3 aliphatic heterocycles. The number of hydrogen-bond donors (Lipinski definition) is 2. The first kappa shape index (κ1) is 73.9. The van der Waals surface area contributed by atoms with Crippen LogP contribution in [0.3, 0.4) is 0 Å². The van der Waals surface area contributed by atoms with E-state index < -0.39 is 102 Å². The molecular formula is C77H89N9O16. The van der Waals surface area contributed by atoms with Gasteiger partial charge < -0.3 is 44.1 Å². The Labute approximate surface area is 593 Å². The second kappa shape index (κ2) is 34.5. The summed E-state index contributed by atoms with van der Waals surface area (Å²) in [5.74, 6) is -6.63. The van der Waals surface area contributed by atoms with Gasteiger partial charge in [-0.1, -0.05) is 179 Å². The number of hydrazine groups is 3. The highest BCUT2D eigenvalue weighted by molar-refractivity contribution is 5.98. The third-order valence-corrected chi connectivity index (χ3v) is 18.6. The molecule has 0 unspecified atom stereocenters. The van der Waals surface area contributed by atoms with E-state index in [9.17, 15) is 28.8 Å². The molecule has 8 amide bonds. The van der Waals surface area contributed by atoms with Gasteiger partial charge in [0, 0.05) is 26.1 Å². The second-order valence-electron chi connectivity index (χ2n) is 26.5. The molecule has 3 saturated heterocycles. The summed E-state index contributed by atoms with van der Waals surface area (Å²) in [6.45, 7) is 7.42. The third kappa shape index (κ3) is 17.8. The van der Waals surface area contributed by atoms with Crippen LogP contribution in [0.5, 0.6) is 5.75 Å². The first-order valence-electron chi connectivity index (χ1n) is 34.7. The number of methoxy groups -OCH3 is 1. The van der Waals surface area contributed by atoms with E-state index in [0.717, 1.165) is 57.4 Å². The van der Waals surface area contributed by atoms with Gasteiger partial charge >= 0.3 is 30.2 Å². The SMILES string of the molecule is COc1ccc(COC(=O)[C@H](CC(C)C)NC(=O)[C@H]2CCCN(C(=O)OCc3ccccc3)N2C(=O)[C@H](C)N(C)C(=O)[C@H]2CCCN(OC(=O)Cc3ccccc3)N2C(=O)[C@@H]2CCCN(C(=O)OCc3ccccc3)N2C(=O)[C@H](NC(=O)OCC2c3ccccc3-c3ccccc32)C(C)C)cc1. The average molecular weight is 1400 g/mol. The van der Waals surface area contributed by atoms with Crippen LogP contribution in [-0.4, -0.2) is 172 Å². The van der Waals surface area contributed by atoms with Crippen LogP contribution in [0, 0.1) is 11.8 Å². The lowest BCUT2D eigenvalue weighted by Gasteiger charge is -2.49. The van der Waals surface area contributed by atoms with Gasteiger partial charge in [0.15, 0.2) is 0 Å². The minimum Gasteiger partial charge on any atom is -0.497 e. The van der Waals surface area contributed by atoms with E-state index in [1.807, 2.05) is 62.4 Å². The van der Waals surface area contributed by atoms with E-state index in [-0.39, 0.29) is 109 Å². The lowest BCUT2D eigenvalue weighted by atomic mass is 9.98. The van der Waals surface area contributed by atoms with Crippen molar-refractivity contribution in [1.82, 2.24) is 45.8 Å². The van der Waals surface area contributed by atoms with Crippen molar-refractivity contribution in [2.75, 3.05) is 40.4 Å². The highest BCUT2D eigenvalue weighted by Gasteiger charge is 2.52. The Bertz CT molecular complexity index is 3890. The number of hydrogen-bond acceptors (Lipinski definition) is 17. The Hall–Kier alpha value is -10.8. The van der Waals surface area contributed by atoms with Crippen molar-refractivity contribution in [1.29, 1.82) is 0 Å². The molecule has 0 radical (unpaired) electrons. The summed E-state index contributed by atoms with van der Waals surface area (Å²) in [6, 6.07) is 39.9. The maximum absolute atomic E-state index is 16.3. The highest BCUT2D eigenvalue weighted by atomic mass is 16.7. The predicted octanol–water partition coefficient (Wildman–Crippen LogP) is 9.68. The van der Waals surface area contributed by atoms with Crippen LogP contribution in [0.1, 0.15) is 119 Å². The Morgan fingerprint density at radius 1 is 0.520 bits per heavy atom. The number of amides is 8. The number of carbonyl (C=O) groups is 10. The molecule has 10 rings (SSSR count). The number of alkyl carbamates (subject to hydrolysis) is 1. The van der Waals surface area contributed by atoms with Crippen LogP contribution in [0.2, 0.25) is 0 Å². The van der Waals surface area contributed by atoms with Gasteiger partial charge in [0.1, 0.15) is 68.4 Å². The molecule has 3 fully saturated rings. The van der Waals surface area contributed by atoms with Gasteiger partial charge in [-0.25, -0.2) is 49.0 Å². The van der Waals surface area contributed by atoms with Crippen molar-refractivity contribution in [2.45, 2.75) is 148 Å². The van der Waals surface area contributed by atoms with Gasteiger partial charge in [-0.05, 0) is 126 Å². The van der Waals surface area contributed by atoms with Gasteiger partial charge in [0.25, 0.3) is 17.7 Å². The summed E-state index contributed by atoms with van der Waals surface area (Å²) >= 11 is 0. The van der Waals surface area contributed by atoms with Crippen molar-refractivity contribution in [3.05, 3.63) is 197 Å². The lowest BCUT2D eigenvalue weighted by Crippen LogP contribution is -2.70. The fraction of sp³-hybridized carbons (Fsp3) is 0.403. The normalized spacial score (nSPS) is 17.6.